The van der Waals surface area contributed by atoms with Gasteiger partial charge in [0, 0.05) is 5.92 Å². The predicted molar refractivity (Wildman–Crippen MR) is 73.9 cm³/mol. The minimum Gasteiger partial charge on any atom is -0.294 e. The van der Waals surface area contributed by atoms with Crippen molar-refractivity contribution in [2.45, 2.75) is 12.8 Å². The van der Waals surface area contributed by atoms with Crippen LogP contribution in [0.3, 0.4) is 0 Å². The molecule has 0 atom stereocenters. The average Bonchev–Trinajstić information content (AvgIpc) is 2.39. The molecule has 0 aliphatic carbocycles. The van der Waals surface area contributed by atoms with E-state index in [2.05, 4.69) is 27.5 Å². The van der Waals surface area contributed by atoms with Crippen LogP contribution in [0.25, 0.3) is 0 Å². The highest BCUT2D eigenvalue weighted by atomic mass is 127. The quantitative estimate of drug-likeness (QED) is 0.362. The van der Waals surface area contributed by atoms with Crippen LogP contribution in [0.4, 0.5) is 4.39 Å². The molecule has 1 fully saturated rings. The molecule has 0 N–H and O–H groups in total. The molecule has 1 aromatic carbocycles. The molecule has 0 bridgehead atoms. The molecule has 4 heteroatoms. The van der Waals surface area contributed by atoms with Gasteiger partial charge in [0.15, 0.2) is 5.78 Å². The molecule has 2 rings (SSSR count). The van der Waals surface area contributed by atoms with Gasteiger partial charge in [-0.25, -0.2) is 4.39 Å². The minimum atomic E-state index is -0.395. The molecule has 1 aliphatic rings. The number of Topliss-reactive ketones (excluding diaryl/α,β-unsaturated/α-hetero) is 1. The Morgan fingerprint density at radius 1 is 1.35 bits per heavy atom. The monoisotopic (exact) mass is 347 g/mol. The van der Waals surface area contributed by atoms with Crippen molar-refractivity contribution < 1.29 is 9.18 Å². The van der Waals surface area contributed by atoms with Crippen LogP contribution in [0, 0.1) is 11.7 Å². The van der Waals surface area contributed by atoms with Gasteiger partial charge in [-0.3, -0.25) is 9.69 Å². The third-order valence-electron chi connectivity index (χ3n) is 3.27. The molecule has 0 spiro atoms. The second kappa shape index (κ2) is 5.91. The molecular weight excluding hydrogens is 332 g/mol. The number of benzene rings is 1. The van der Waals surface area contributed by atoms with Crippen LogP contribution >= 0.6 is 22.6 Å². The zero-order valence-electron chi connectivity index (χ0n) is 9.53. The summed E-state index contributed by atoms with van der Waals surface area (Å²) in [5, 5.41) is 0. The molecule has 0 unspecified atom stereocenters. The van der Waals surface area contributed by atoms with Gasteiger partial charge in [0.2, 0.25) is 0 Å². The molecule has 92 valence electrons. The molecule has 1 aromatic rings. The van der Waals surface area contributed by atoms with Gasteiger partial charge in [-0.2, -0.15) is 0 Å². The van der Waals surface area contributed by atoms with E-state index >= 15 is 0 Å². The Labute approximate surface area is 114 Å². The lowest BCUT2D eigenvalue weighted by Crippen LogP contribution is -2.35. The van der Waals surface area contributed by atoms with Crippen molar-refractivity contribution >= 4 is 28.4 Å². The van der Waals surface area contributed by atoms with E-state index in [-0.39, 0.29) is 17.3 Å². The van der Waals surface area contributed by atoms with Crippen LogP contribution < -0.4 is 0 Å². The minimum absolute atomic E-state index is 0.00824. The number of rotatable bonds is 3. The van der Waals surface area contributed by atoms with E-state index < -0.39 is 5.82 Å². The smallest absolute Gasteiger partial charge is 0.168 e. The Morgan fingerprint density at radius 3 is 2.59 bits per heavy atom. The van der Waals surface area contributed by atoms with E-state index in [0.717, 1.165) is 30.5 Å². The van der Waals surface area contributed by atoms with E-state index in [4.69, 9.17) is 0 Å². The van der Waals surface area contributed by atoms with E-state index in [9.17, 15) is 9.18 Å². The Morgan fingerprint density at radius 2 is 2.00 bits per heavy atom. The predicted octanol–water partition coefficient (Wildman–Crippen LogP) is 3.11. The van der Waals surface area contributed by atoms with Gasteiger partial charge in [-0.05, 0) is 38.1 Å². The van der Waals surface area contributed by atoms with Crippen molar-refractivity contribution in [3.05, 3.63) is 35.6 Å². The third kappa shape index (κ3) is 3.04. The van der Waals surface area contributed by atoms with Gasteiger partial charge in [0.1, 0.15) is 5.82 Å². The molecule has 0 aromatic heterocycles. The van der Waals surface area contributed by atoms with Crippen molar-refractivity contribution in [1.29, 1.82) is 0 Å². The number of carbonyl (C=O) groups excluding carboxylic acids is 1. The number of hydrogen-bond acceptors (Lipinski definition) is 2. The zero-order chi connectivity index (χ0) is 12.3. The number of likely N-dealkylation sites (tertiary alicyclic amines) is 1. The lowest BCUT2D eigenvalue weighted by Gasteiger charge is -2.29. The van der Waals surface area contributed by atoms with E-state index in [0.29, 0.717) is 0 Å². The number of carbonyl (C=O) groups is 1. The first-order valence-electron chi connectivity index (χ1n) is 5.79. The Kier molecular flexibility index (Phi) is 4.50. The lowest BCUT2D eigenvalue weighted by atomic mass is 9.89. The van der Waals surface area contributed by atoms with Crippen molar-refractivity contribution in [3.8, 4) is 0 Å². The summed E-state index contributed by atoms with van der Waals surface area (Å²) in [6.07, 6.45) is 1.69. The van der Waals surface area contributed by atoms with Gasteiger partial charge in [0.05, 0.1) is 10.1 Å². The van der Waals surface area contributed by atoms with Crippen molar-refractivity contribution in [2.24, 2.45) is 5.92 Å². The summed E-state index contributed by atoms with van der Waals surface area (Å²) >= 11 is 2.33. The summed E-state index contributed by atoms with van der Waals surface area (Å²) in [6, 6.07) is 6.27. The second-order valence-corrected chi connectivity index (χ2v) is 5.04. The summed E-state index contributed by atoms with van der Waals surface area (Å²) in [5.74, 6) is -0.434. The van der Waals surface area contributed by atoms with Gasteiger partial charge >= 0.3 is 0 Å². The highest BCUT2D eigenvalue weighted by Gasteiger charge is 2.26. The van der Waals surface area contributed by atoms with Crippen molar-refractivity contribution in [3.63, 3.8) is 0 Å². The number of nitrogens with zero attached hydrogens (tertiary/aromatic N) is 1. The fourth-order valence-corrected chi connectivity index (χ4v) is 2.88. The fraction of sp³-hybridized carbons (Fsp3) is 0.462. The first-order chi connectivity index (χ1) is 8.22. The zero-order valence-corrected chi connectivity index (χ0v) is 11.7. The molecule has 0 saturated carbocycles. The van der Waals surface area contributed by atoms with E-state index in [1.54, 1.807) is 18.2 Å². The molecular formula is C13H15FINO. The molecule has 0 amide bonds. The molecule has 1 aliphatic heterocycles. The molecule has 0 radical (unpaired) electrons. The van der Waals surface area contributed by atoms with Gasteiger partial charge in [0.25, 0.3) is 0 Å². The molecule has 1 saturated heterocycles. The van der Waals surface area contributed by atoms with Gasteiger partial charge in [-0.1, -0.05) is 34.7 Å². The van der Waals surface area contributed by atoms with E-state index in [1.165, 1.54) is 6.07 Å². The highest BCUT2D eigenvalue weighted by Crippen LogP contribution is 2.23. The maximum absolute atomic E-state index is 13.5. The van der Waals surface area contributed by atoms with Crippen LogP contribution in [0.15, 0.2) is 24.3 Å². The summed E-state index contributed by atoms with van der Waals surface area (Å²) in [6.45, 7) is 1.88. The van der Waals surface area contributed by atoms with Crippen LogP contribution in [0.2, 0.25) is 0 Å². The van der Waals surface area contributed by atoms with Gasteiger partial charge in [-0.15, -0.1) is 0 Å². The van der Waals surface area contributed by atoms with Crippen LogP contribution in [-0.4, -0.2) is 28.3 Å². The summed E-state index contributed by atoms with van der Waals surface area (Å²) in [5.41, 5.74) is 0.250. The first kappa shape index (κ1) is 13.0. The molecule has 17 heavy (non-hydrogen) atoms. The van der Waals surface area contributed by atoms with Crippen LogP contribution in [0.5, 0.6) is 0 Å². The van der Waals surface area contributed by atoms with Crippen molar-refractivity contribution in [1.82, 2.24) is 4.90 Å². The van der Waals surface area contributed by atoms with E-state index in [1.807, 2.05) is 0 Å². The van der Waals surface area contributed by atoms with Gasteiger partial charge < -0.3 is 0 Å². The Bertz CT molecular complexity index is 402. The Hall–Kier alpha value is -0.490. The molecule has 2 nitrogen and oxygen atoms in total. The number of piperidine rings is 1. The number of alkyl halides is 1. The maximum Gasteiger partial charge on any atom is 0.168 e. The summed E-state index contributed by atoms with van der Waals surface area (Å²) in [7, 11) is 0. The first-order valence-corrected chi connectivity index (χ1v) is 7.32. The van der Waals surface area contributed by atoms with Crippen LogP contribution in [0.1, 0.15) is 23.2 Å². The summed E-state index contributed by atoms with van der Waals surface area (Å²) < 4.78 is 14.5. The number of hydrogen-bond donors (Lipinski definition) is 0. The summed E-state index contributed by atoms with van der Waals surface area (Å²) in [4.78, 5) is 14.5. The average molecular weight is 347 g/mol. The Balaban J connectivity index is 2.04. The number of halogens is 2. The van der Waals surface area contributed by atoms with Crippen LogP contribution in [-0.2, 0) is 0 Å². The second-order valence-electron chi connectivity index (χ2n) is 4.36. The topological polar surface area (TPSA) is 20.3 Å². The highest BCUT2D eigenvalue weighted by molar-refractivity contribution is 14.1. The SMILES string of the molecule is O=C(c1ccccc1F)C1CCN(CI)CC1. The number of ketones is 1. The fourth-order valence-electron chi connectivity index (χ4n) is 2.20. The normalized spacial score (nSPS) is 18.2. The largest absolute Gasteiger partial charge is 0.294 e. The maximum atomic E-state index is 13.5. The standard InChI is InChI=1S/C13H15FINO/c14-12-4-2-1-3-11(12)13(17)10-5-7-16(9-15)8-6-10/h1-4,10H,5-9H2. The lowest BCUT2D eigenvalue weighted by molar-refractivity contribution is 0.0851. The molecule has 1 heterocycles. The third-order valence-corrected chi connectivity index (χ3v) is 4.23. The van der Waals surface area contributed by atoms with Crippen molar-refractivity contribution in [2.75, 3.05) is 17.6 Å².